The van der Waals surface area contributed by atoms with Gasteiger partial charge in [-0.1, -0.05) is 79.9 Å². The molecular formula is C36H47N7O3. The summed E-state index contributed by atoms with van der Waals surface area (Å²) in [6.07, 6.45) is 6.93. The van der Waals surface area contributed by atoms with Crippen molar-refractivity contribution in [1.29, 1.82) is 0 Å². The Morgan fingerprint density at radius 2 is 1.67 bits per heavy atom. The second-order valence-corrected chi connectivity index (χ2v) is 12.5. The average molecular weight is 626 g/mol. The number of fused-ring (bicyclic) bond motifs is 1. The zero-order valence-electron chi connectivity index (χ0n) is 26.5. The number of amides is 3. The number of aliphatic imine (C=N–C) groups is 1. The van der Waals surface area contributed by atoms with Gasteiger partial charge in [0.05, 0.1) is 12.1 Å². The maximum absolute atomic E-state index is 14.0. The average Bonchev–Trinajstić information content (AvgIpc) is 3.23. The molecule has 3 amide bonds. The number of rotatable bonds is 12. The fourth-order valence-corrected chi connectivity index (χ4v) is 6.58. The fourth-order valence-electron chi connectivity index (χ4n) is 6.58. The van der Waals surface area contributed by atoms with Gasteiger partial charge >= 0.3 is 0 Å². The molecule has 1 aliphatic carbocycles. The van der Waals surface area contributed by atoms with Crippen LogP contribution in [0.2, 0.25) is 0 Å². The Morgan fingerprint density at radius 3 is 2.43 bits per heavy atom. The minimum atomic E-state index is -0.482. The van der Waals surface area contributed by atoms with E-state index >= 15 is 0 Å². The molecule has 5 rings (SSSR count). The Kier molecular flexibility index (Phi) is 11.6. The Bertz CT molecular complexity index is 1500. The van der Waals surface area contributed by atoms with Crippen LogP contribution in [-0.2, 0) is 9.59 Å². The van der Waals surface area contributed by atoms with E-state index < -0.39 is 6.04 Å². The van der Waals surface area contributed by atoms with Gasteiger partial charge in [-0.25, -0.2) is 0 Å². The van der Waals surface area contributed by atoms with Crippen LogP contribution in [0.1, 0.15) is 73.3 Å². The molecule has 10 nitrogen and oxygen atoms in total. The van der Waals surface area contributed by atoms with Crippen LogP contribution in [0.25, 0.3) is 10.8 Å². The van der Waals surface area contributed by atoms with E-state index in [2.05, 4.69) is 20.9 Å². The molecule has 1 heterocycles. The van der Waals surface area contributed by atoms with E-state index in [1.54, 1.807) is 0 Å². The van der Waals surface area contributed by atoms with E-state index in [1.807, 2.05) is 77.7 Å². The van der Waals surface area contributed by atoms with Crippen LogP contribution in [0, 0.1) is 5.92 Å². The molecule has 46 heavy (non-hydrogen) atoms. The minimum Gasteiger partial charge on any atom is -0.370 e. The Morgan fingerprint density at radius 1 is 0.935 bits per heavy atom. The van der Waals surface area contributed by atoms with Crippen molar-refractivity contribution in [1.82, 2.24) is 20.9 Å². The quantitative estimate of drug-likeness (QED) is 0.118. The van der Waals surface area contributed by atoms with Crippen LogP contribution in [0.4, 0.5) is 0 Å². The number of benzene rings is 3. The van der Waals surface area contributed by atoms with Crippen molar-refractivity contribution in [3.8, 4) is 0 Å². The summed E-state index contributed by atoms with van der Waals surface area (Å²) in [5.41, 5.74) is 12.6. The van der Waals surface area contributed by atoms with E-state index in [4.69, 9.17) is 11.5 Å². The minimum absolute atomic E-state index is 0.0142. The van der Waals surface area contributed by atoms with Crippen LogP contribution >= 0.6 is 0 Å². The molecule has 244 valence electrons. The van der Waals surface area contributed by atoms with Crippen molar-refractivity contribution in [2.24, 2.45) is 22.4 Å². The van der Waals surface area contributed by atoms with E-state index in [-0.39, 0.29) is 41.7 Å². The number of nitrogens with one attached hydrogen (secondary N) is 3. The number of hydrogen-bond donors (Lipinski definition) is 5. The second-order valence-electron chi connectivity index (χ2n) is 12.5. The van der Waals surface area contributed by atoms with Gasteiger partial charge in [-0.2, -0.15) is 0 Å². The first-order chi connectivity index (χ1) is 22.4. The molecule has 2 fully saturated rings. The Balaban J connectivity index is 1.28. The van der Waals surface area contributed by atoms with Crippen molar-refractivity contribution >= 4 is 34.5 Å². The maximum Gasteiger partial charge on any atom is 0.251 e. The van der Waals surface area contributed by atoms with Gasteiger partial charge in [-0.3, -0.25) is 19.4 Å². The summed E-state index contributed by atoms with van der Waals surface area (Å²) in [6.45, 7) is 1.65. The molecule has 0 spiro atoms. The number of carbonyl (C=O) groups is 3. The molecule has 1 aliphatic heterocycles. The Labute approximate surface area is 271 Å². The largest absolute Gasteiger partial charge is 0.370 e. The van der Waals surface area contributed by atoms with Gasteiger partial charge in [0.1, 0.15) is 0 Å². The third-order valence-corrected chi connectivity index (χ3v) is 9.16. The summed E-state index contributed by atoms with van der Waals surface area (Å²) >= 11 is 0. The topological polar surface area (TPSA) is 155 Å². The smallest absolute Gasteiger partial charge is 0.251 e. The van der Waals surface area contributed by atoms with Gasteiger partial charge in [-0.15, -0.1) is 0 Å². The first-order valence-electron chi connectivity index (χ1n) is 16.6. The lowest BCUT2D eigenvalue weighted by Gasteiger charge is -2.31. The van der Waals surface area contributed by atoms with E-state index in [1.165, 1.54) is 6.42 Å². The first-order valence-corrected chi connectivity index (χ1v) is 16.6. The number of nitrogens with zero attached hydrogens (tertiary/aromatic N) is 2. The molecule has 1 saturated heterocycles. The van der Waals surface area contributed by atoms with Crippen molar-refractivity contribution < 1.29 is 14.4 Å². The molecule has 10 heteroatoms. The molecule has 1 unspecified atom stereocenters. The van der Waals surface area contributed by atoms with Gasteiger partial charge in [0.2, 0.25) is 11.8 Å². The van der Waals surface area contributed by atoms with E-state index in [0.29, 0.717) is 51.0 Å². The molecular weight excluding hydrogens is 578 g/mol. The third kappa shape index (κ3) is 9.06. The molecule has 7 N–H and O–H groups in total. The van der Waals surface area contributed by atoms with Crippen LogP contribution in [0.15, 0.2) is 77.8 Å². The summed E-state index contributed by atoms with van der Waals surface area (Å²) < 4.78 is 0. The zero-order valence-corrected chi connectivity index (χ0v) is 26.5. The van der Waals surface area contributed by atoms with Crippen molar-refractivity contribution in [3.05, 3.63) is 83.9 Å². The molecule has 2 aliphatic rings. The lowest BCUT2D eigenvalue weighted by Crippen LogP contribution is -2.50. The number of carbonyl (C=O) groups excluding carboxylic acids is 3. The highest BCUT2D eigenvalue weighted by molar-refractivity contribution is 5.98. The van der Waals surface area contributed by atoms with Gasteiger partial charge in [0, 0.05) is 43.7 Å². The molecule has 3 aromatic carbocycles. The van der Waals surface area contributed by atoms with Crippen molar-refractivity contribution in [2.45, 2.75) is 69.5 Å². The lowest BCUT2D eigenvalue weighted by atomic mass is 9.88. The predicted octanol–water partition coefficient (Wildman–Crippen LogP) is 3.62. The highest BCUT2D eigenvalue weighted by Gasteiger charge is 2.33. The highest BCUT2D eigenvalue weighted by atomic mass is 16.2. The Hall–Kier alpha value is -4.44. The van der Waals surface area contributed by atoms with Crippen LogP contribution in [0.5, 0.6) is 0 Å². The molecule has 0 radical (unpaired) electrons. The van der Waals surface area contributed by atoms with Crippen LogP contribution < -0.4 is 27.4 Å². The molecule has 0 aromatic heterocycles. The van der Waals surface area contributed by atoms with Crippen molar-refractivity contribution in [3.63, 3.8) is 0 Å². The summed E-state index contributed by atoms with van der Waals surface area (Å²) in [6, 6.07) is 22.6. The molecule has 1 saturated carbocycles. The first kappa shape index (κ1) is 32.9. The maximum atomic E-state index is 14.0. The SMILES string of the molecule is NC(N)=NCCC[C@H]1N[C@@H](CNC(=O)c2ccc3ccccc3c2)CCN(CC(NC(=O)C2CCCCC2)c2ccccc2)C1=O. The summed E-state index contributed by atoms with van der Waals surface area (Å²) in [4.78, 5) is 46.5. The number of nitrogens with two attached hydrogens (primary N) is 2. The van der Waals surface area contributed by atoms with Gasteiger partial charge < -0.3 is 32.3 Å². The number of hydrogen-bond acceptors (Lipinski definition) is 5. The van der Waals surface area contributed by atoms with E-state index in [0.717, 1.165) is 42.0 Å². The van der Waals surface area contributed by atoms with Crippen LogP contribution in [0.3, 0.4) is 0 Å². The van der Waals surface area contributed by atoms with E-state index in [9.17, 15) is 14.4 Å². The predicted molar refractivity (Wildman–Crippen MR) is 182 cm³/mol. The monoisotopic (exact) mass is 625 g/mol. The van der Waals surface area contributed by atoms with Gasteiger partial charge in [0.15, 0.2) is 5.96 Å². The summed E-state index contributed by atoms with van der Waals surface area (Å²) in [5, 5.41) is 12.0. The second kappa shape index (κ2) is 16.2. The van der Waals surface area contributed by atoms with Gasteiger partial charge in [0.25, 0.3) is 5.91 Å². The molecule has 0 bridgehead atoms. The normalized spacial score (nSPS) is 19.7. The standard InChI is InChI=1S/C36H47N7O3/c37-36(38)39-20-9-16-31-35(46)43(24-32(26-11-3-1-4-12-26)42-34(45)27-13-5-2-6-14-27)21-19-30(41-31)23-40-33(44)29-18-17-25-10-7-8-15-28(25)22-29/h1,3-4,7-8,10-12,15,17-18,22,27,30-32,41H,2,5-6,9,13-14,16,19-21,23-24H2,(H,40,44)(H,42,45)(H4,37,38,39)/t30-,31-,32?/m1/s1. The summed E-state index contributed by atoms with van der Waals surface area (Å²) in [5.74, 6) is -0.0763. The van der Waals surface area contributed by atoms with Crippen molar-refractivity contribution in [2.75, 3.05) is 26.2 Å². The fraction of sp³-hybridized carbons (Fsp3) is 0.444. The molecule has 3 aromatic rings. The zero-order chi connectivity index (χ0) is 32.3. The highest BCUT2D eigenvalue weighted by Crippen LogP contribution is 2.26. The lowest BCUT2D eigenvalue weighted by molar-refractivity contribution is -0.134. The summed E-state index contributed by atoms with van der Waals surface area (Å²) in [7, 11) is 0. The molecule has 3 atom stereocenters. The van der Waals surface area contributed by atoms with Gasteiger partial charge in [-0.05, 0) is 60.6 Å². The van der Waals surface area contributed by atoms with Crippen LogP contribution in [-0.4, -0.2) is 66.8 Å². The third-order valence-electron chi connectivity index (χ3n) is 9.16. The number of guanidine groups is 1.